The first-order chi connectivity index (χ1) is 14.7. The number of amides is 1. The second-order valence-corrected chi connectivity index (χ2v) is 8.37. The highest BCUT2D eigenvalue weighted by atomic mass is 35.5. The van der Waals surface area contributed by atoms with Crippen LogP contribution >= 0.6 is 11.6 Å². The molecule has 2 heterocycles. The SMILES string of the molecule is Cc1c(C(=O)N2CC(C)OC(C)C2)cc(-c2ccc(Cl)cc2)n1-c1ccc(F)cc1F. The fourth-order valence-electron chi connectivity index (χ4n) is 4.14. The number of carbonyl (C=O) groups excluding carboxylic acids is 1. The Bertz CT molecular complexity index is 1120. The number of ether oxygens (including phenoxy) is 1. The summed E-state index contributed by atoms with van der Waals surface area (Å²) in [6.45, 7) is 6.59. The van der Waals surface area contributed by atoms with Gasteiger partial charge in [-0.2, -0.15) is 0 Å². The number of hydrogen-bond acceptors (Lipinski definition) is 2. The number of benzene rings is 2. The van der Waals surface area contributed by atoms with Gasteiger partial charge < -0.3 is 14.2 Å². The first-order valence-electron chi connectivity index (χ1n) is 10.1. The predicted octanol–water partition coefficient (Wildman–Crippen LogP) is 5.63. The monoisotopic (exact) mass is 444 g/mol. The van der Waals surface area contributed by atoms with Gasteiger partial charge in [-0.05, 0) is 56.7 Å². The largest absolute Gasteiger partial charge is 0.372 e. The normalized spacial score (nSPS) is 19.0. The Hall–Kier alpha value is -2.70. The summed E-state index contributed by atoms with van der Waals surface area (Å²) >= 11 is 6.03. The molecule has 1 amide bonds. The minimum absolute atomic E-state index is 0.0691. The maximum atomic E-state index is 14.7. The molecule has 2 unspecified atom stereocenters. The van der Waals surface area contributed by atoms with E-state index < -0.39 is 11.6 Å². The molecule has 1 aliphatic rings. The number of rotatable bonds is 3. The number of aromatic nitrogens is 1. The lowest BCUT2D eigenvalue weighted by Gasteiger charge is -2.35. The average Bonchev–Trinajstić information content (AvgIpc) is 3.04. The molecule has 31 heavy (non-hydrogen) atoms. The molecule has 1 saturated heterocycles. The van der Waals surface area contributed by atoms with Crippen LogP contribution in [-0.2, 0) is 4.74 Å². The Labute approximate surface area is 185 Å². The molecule has 0 bridgehead atoms. The van der Waals surface area contributed by atoms with Crippen molar-refractivity contribution in [1.82, 2.24) is 9.47 Å². The Morgan fingerprint density at radius 2 is 1.68 bits per heavy atom. The molecule has 162 valence electrons. The summed E-state index contributed by atoms with van der Waals surface area (Å²) in [6, 6.07) is 12.3. The van der Waals surface area contributed by atoms with Crippen LogP contribution in [0.15, 0.2) is 48.5 Å². The van der Waals surface area contributed by atoms with E-state index in [2.05, 4.69) is 0 Å². The van der Waals surface area contributed by atoms with Gasteiger partial charge in [-0.25, -0.2) is 8.78 Å². The number of nitrogens with zero attached hydrogens (tertiary/aromatic N) is 2. The van der Waals surface area contributed by atoms with Gasteiger partial charge in [0.1, 0.15) is 11.6 Å². The molecule has 0 spiro atoms. The average molecular weight is 445 g/mol. The summed E-state index contributed by atoms with van der Waals surface area (Å²) in [5.74, 6) is -1.51. The van der Waals surface area contributed by atoms with Crippen LogP contribution in [0.3, 0.4) is 0 Å². The molecule has 0 saturated carbocycles. The number of hydrogen-bond donors (Lipinski definition) is 0. The highest BCUT2D eigenvalue weighted by Crippen LogP contribution is 2.32. The number of halogens is 3. The van der Waals surface area contributed by atoms with Crippen LogP contribution in [0.25, 0.3) is 16.9 Å². The molecule has 0 radical (unpaired) electrons. The van der Waals surface area contributed by atoms with E-state index >= 15 is 0 Å². The Morgan fingerprint density at radius 3 is 2.29 bits per heavy atom. The summed E-state index contributed by atoms with van der Waals surface area (Å²) in [5.41, 5.74) is 2.60. The van der Waals surface area contributed by atoms with Crippen LogP contribution < -0.4 is 0 Å². The topological polar surface area (TPSA) is 34.5 Å². The van der Waals surface area contributed by atoms with E-state index in [-0.39, 0.29) is 23.8 Å². The number of carbonyl (C=O) groups is 1. The molecule has 1 fully saturated rings. The van der Waals surface area contributed by atoms with Crippen LogP contribution in [0, 0.1) is 18.6 Å². The minimum Gasteiger partial charge on any atom is -0.372 e. The van der Waals surface area contributed by atoms with Gasteiger partial charge in [-0.15, -0.1) is 0 Å². The summed E-state index contributed by atoms with van der Waals surface area (Å²) in [5, 5.41) is 0.569. The van der Waals surface area contributed by atoms with Gasteiger partial charge in [-0.1, -0.05) is 23.7 Å². The van der Waals surface area contributed by atoms with Crippen LogP contribution in [0.5, 0.6) is 0 Å². The quantitative estimate of drug-likeness (QED) is 0.524. The van der Waals surface area contributed by atoms with E-state index in [0.29, 0.717) is 35.1 Å². The van der Waals surface area contributed by atoms with Crippen molar-refractivity contribution in [3.8, 4) is 16.9 Å². The Kier molecular flexibility index (Phi) is 5.86. The summed E-state index contributed by atoms with van der Waals surface area (Å²) in [6.07, 6.45) is -0.138. The van der Waals surface area contributed by atoms with E-state index in [9.17, 15) is 13.6 Å². The van der Waals surface area contributed by atoms with Crippen LogP contribution in [0.2, 0.25) is 5.02 Å². The molecule has 1 aromatic heterocycles. The van der Waals surface area contributed by atoms with E-state index in [0.717, 1.165) is 11.6 Å². The predicted molar refractivity (Wildman–Crippen MR) is 117 cm³/mol. The molecule has 1 aliphatic heterocycles. The van der Waals surface area contributed by atoms with Gasteiger partial charge in [0.2, 0.25) is 0 Å². The van der Waals surface area contributed by atoms with Crippen molar-refractivity contribution >= 4 is 17.5 Å². The van der Waals surface area contributed by atoms with Crippen LogP contribution in [0.4, 0.5) is 8.78 Å². The number of morpholine rings is 1. The van der Waals surface area contributed by atoms with Crippen LogP contribution in [-0.4, -0.2) is 40.7 Å². The van der Waals surface area contributed by atoms with Gasteiger partial charge in [0.05, 0.1) is 29.2 Å². The minimum atomic E-state index is -0.707. The standard InChI is InChI=1S/C24H23ClF2N2O2/c1-14-12-28(13-15(2)31-14)24(30)20-11-23(17-4-6-18(25)7-5-17)29(16(20)3)22-9-8-19(26)10-21(22)27/h4-11,14-15H,12-13H2,1-3H3. The lowest BCUT2D eigenvalue weighted by atomic mass is 10.1. The fourth-order valence-corrected chi connectivity index (χ4v) is 4.27. The van der Waals surface area contributed by atoms with E-state index in [1.807, 2.05) is 26.0 Å². The van der Waals surface area contributed by atoms with E-state index in [1.165, 1.54) is 12.1 Å². The van der Waals surface area contributed by atoms with Crippen molar-refractivity contribution in [2.45, 2.75) is 33.0 Å². The molecule has 7 heteroatoms. The highest BCUT2D eigenvalue weighted by molar-refractivity contribution is 6.30. The van der Waals surface area contributed by atoms with Gasteiger partial charge in [-0.3, -0.25) is 4.79 Å². The van der Waals surface area contributed by atoms with E-state index in [4.69, 9.17) is 16.3 Å². The van der Waals surface area contributed by atoms with Crippen molar-refractivity contribution in [2.75, 3.05) is 13.1 Å². The lowest BCUT2D eigenvalue weighted by molar-refractivity contribution is -0.0586. The Morgan fingerprint density at radius 1 is 1.03 bits per heavy atom. The van der Waals surface area contributed by atoms with Gasteiger partial charge in [0, 0.05) is 29.9 Å². The molecule has 2 atom stereocenters. The second-order valence-electron chi connectivity index (χ2n) is 7.93. The molecule has 4 nitrogen and oxygen atoms in total. The summed E-state index contributed by atoms with van der Waals surface area (Å²) in [7, 11) is 0. The van der Waals surface area contributed by atoms with Crippen molar-refractivity contribution in [1.29, 1.82) is 0 Å². The van der Waals surface area contributed by atoms with Crippen molar-refractivity contribution < 1.29 is 18.3 Å². The molecule has 3 aromatic rings. The molecular formula is C24H23ClF2N2O2. The fraction of sp³-hybridized carbons (Fsp3) is 0.292. The summed E-state index contributed by atoms with van der Waals surface area (Å²) in [4.78, 5) is 15.2. The van der Waals surface area contributed by atoms with Gasteiger partial charge >= 0.3 is 0 Å². The molecule has 0 N–H and O–H groups in total. The highest BCUT2D eigenvalue weighted by Gasteiger charge is 2.30. The third-order valence-corrected chi connectivity index (χ3v) is 5.73. The maximum Gasteiger partial charge on any atom is 0.255 e. The Balaban J connectivity index is 1.86. The molecular weight excluding hydrogens is 422 g/mol. The first kappa shape index (κ1) is 21.5. The zero-order chi connectivity index (χ0) is 22.3. The maximum absolute atomic E-state index is 14.7. The van der Waals surface area contributed by atoms with Gasteiger partial charge in [0.15, 0.2) is 0 Å². The van der Waals surface area contributed by atoms with Crippen molar-refractivity contribution in [3.05, 3.63) is 76.4 Å². The molecule has 4 rings (SSSR count). The lowest BCUT2D eigenvalue weighted by Crippen LogP contribution is -2.48. The smallest absolute Gasteiger partial charge is 0.255 e. The third-order valence-electron chi connectivity index (χ3n) is 5.48. The first-order valence-corrected chi connectivity index (χ1v) is 10.5. The van der Waals surface area contributed by atoms with Crippen molar-refractivity contribution in [2.24, 2.45) is 0 Å². The zero-order valence-electron chi connectivity index (χ0n) is 17.5. The second kappa shape index (κ2) is 8.44. The van der Waals surface area contributed by atoms with E-state index in [1.54, 1.807) is 34.6 Å². The molecule has 0 aliphatic carbocycles. The van der Waals surface area contributed by atoms with Gasteiger partial charge in [0.25, 0.3) is 5.91 Å². The van der Waals surface area contributed by atoms with Crippen LogP contribution in [0.1, 0.15) is 29.9 Å². The zero-order valence-corrected chi connectivity index (χ0v) is 18.3. The molecule has 2 aromatic carbocycles. The summed E-state index contributed by atoms with van der Waals surface area (Å²) < 4.78 is 35.7. The third kappa shape index (κ3) is 4.23. The van der Waals surface area contributed by atoms with Crippen molar-refractivity contribution in [3.63, 3.8) is 0 Å².